The molecule has 0 saturated carbocycles. The summed E-state index contributed by atoms with van der Waals surface area (Å²) in [7, 11) is 0. The lowest BCUT2D eigenvalue weighted by Gasteiger charge is -1.97. The molecule has 0 saturated heterocycles. The zero-order valence-electron chi connectivity index (χ0n) is 12.6. The molecule has 1 aromatic rings. The van der Waals surface area contributed by atoms with E-state index in [0.29, 0.717) is 0 Å². The molecule has 1 rings (SSSR count). The number of nitrogens with one attached hydrogen (secondary N) is 2. The fourth-order valence-electron chi connectivity index (χ4n) is 1.27. The molecule has 0 amide bonds. The van der Waals surface area contributed by atoms with Gasteiger partial charge in [-0.25, -0.2) is 4.98 Å². The molecule has 2 N–H and O–H groups in total. The largest absolute Gasteiger partial charge is 0.342 e. The Morgan fingerprint density at radius 3 is 2.17 bits per heavy atom. The van der Waals surface area contributed by atoms with Crippen molar-refractivity contribution in [3.8, 4) is 0 Å². The molecule has 3 heteroatoms. The van der Waals surface area contributed by atoms with E-state index in [4.69, 9.17) is 0 Å². The second kappa shape index (κ2) is 13.7. The van der Waals surface area contributed by atoms with Gasteiger partial charge in [0.05, 0.1) is 11.4 Å². The smallest absolute Gasteiger partial charge is 0.108 e. The highest BCUT2D eigenvalue weighted by Crippen LogP contribution is 2.08. The summed E-state index contributed by atoms with van der Waals surface area (Å²) in [5, 5.41) is 3.25. The molecule has 1 aromatic heterocycles. The van der Waals surface area contributed by atoms with Gasteiger partial charge in [0, 0.05) is 13.0 Å². The minimum absolute atomic E-state index is 0.881. The number of aromatic amines is 1. The SMILES string of the molecule is C=Cc1nc(CCNCC)[nH]c1C=C.CC.CC. The Bertz CT molecular complexity index is 288. The van der Waals surface area contributed by atoms with Gasteiger partial charge in [-0.3, -0.25) is 0 Å². The molecule has 104 valence electrons. The van der Waals surface area contributed by atoms with Crippen LogP contribution < -0.4 is 5.32 Å². The number of hydrogen-bond donors (Lipinski definition) is 2. The van der Waals surface area contributed by atoms with Crippen molar-refractivity contribution in [2.24, 2.45) is 0 Å². The van der Waals surface area contributed by atoms with Crippen molar-refractivity contribution in [1.82, 2.24) is 15.3 Å². The van der Waals surface area contributed by atoms with Crippen LogP contribution in [0.4, 0.5) is 0 Å². The van der Waals surface area contributed by atoms with Crippen molar-refractivity contribution in [2.45, 2.75) is 41.0 Å². The van der Waals surface area contributed by atoms with Crippen molar-refractivity contribution < 1.29 is 0 Å². The topological polar surface area (TPSA) is 40.7 Å². The zero-order chi connectivity index (χ0) is 14.4. The molecule has 3 nitrogen and oxygen atoms in total. The predicted molar refractivity (Wildman–Crippen MR) is 83.7 cm³/mol. The van der Waals surface area contributed by atoms with Crippen molar-refractivity contribution >= 4 is 12.2 Å². The summed E-state index contributed by atoms with van der Waals surface area (Å²) >= 11 is 0. The van der Waals surface area contributed by atoms with E-state index in [9.17, 15) is 0 Å². The van der Waals surface area contributed by atoms with Gasteiger partial charge in [0.25, 0.3) is 0 Å². The first-order valence-corrected chi connectivity index (χ1v) is 6.86. The van der Waals surface area contributed by atoms with Crippen LogP contribution in [0.2, 0.25) is 0 Å². The van der Waals surface area contributed by atoms with Crippen molar-refractivity contribution in [3.63, 3.8) is 0 Å². The van der Waals surface area contributed by atoms with Gasteiger partial charge in [-0.2, -0.15) is 0 Å². The number of aromatic nitrogens is 2. The summed E-state index contributed by atoms with van der Waals surface area (Å²) in [6.07, 6.45) is 4.41. The van der Waals surface area contributed by atoms with Gasteiger partial charge in [0.15, 0.2) is 0 Å². The molecule has 0 spiro atoms. The number of nitrogens with zero attached hydrogens (tertiary/aromatic N) is 1. The maximum atomic E-state index is 4.39. The minimum atomic E-state index is 0.881. The van der Waals surface area contributed by atoms with Gasteiger partial charge in [-0.1, -0.05) is 47.8 Å². The molecule has 0 atom stereocenters. The first-order valence-electron chi connectivity index (χ1n) is 6.86. The van der Waals surface area contributed by atoms with Crippen LogP contribution in [-0.4, -0.2) is 23.1 Å². The first-order chi connectivity index (χ1) is 8.81. The lowest BCUT2D eigenvalue weighted by molar-refractivity contribution is 0.700. The summed E-state index contributed by atoms with van der Waals surface area (Å²) in [4.78, 5) is 7.59. The third-order valence-corrected chi connectivity index (χ3v) is 2.00. The second-order valence-electron chi connectivity index (χ2n) is 2.99. The molecule has 0 bridgehead atoms. The van der Waals surface area contributed by atoms with E-state index in [0.717, 1.165) is 36.7 Å². The Labute approximate surface area is 112 Å². The van der Waals surface area contributed by atoms with E-state index in [2.05, 4.69) is 35.4 Å². The highest BCUT2D eigenvalue weighted by atomic mass is 14.9. The molecule has 1 heterocycles. The maximum absolute atomic E-state index is 4.39. The number of likely N-dealkylation sites (N-methyl/N-ethyl adjacent to an activating group) is 1. The fraction of sp³-hybridized carbons (Fsp3) is 0.533. The standard InChI is InChI=1S/C11H17N3.2C2H6/c1-4-9-10(5-2)14-11(13-9)7-8-12-6-3;2*1-2/h4-5,12H,1-2,6-8H2,3H3,(H,13,14);2*1-2H3. The molecule has 0 unspecified atom stereocenters. The maximum Gasteiger partial charge on any atom is 0.108 e. The lowest BCUT2D eigenvalue weighted by Crippen LogP contribution is -2.16. The van der Waals surface area contributed by atoms with Crippen LogP contribution in [0.5, 0.6) is 0 Å². The van der Waals surface area contributed by atoms with Crippen LogP contribution in [0.25, 0.3) is 12.2 Å². The normalized spacial score (nSPS) is 8.50. The lowest BCUT2D eigenvalue weighted by atomic mass is 10.3. The third kappa shape index (κ3) is 7.07. The average Bonchev–Trinajstić information content (AvgIpc) is 2.86. The number of rotatable bonds is 6. The van der Waals surface area contributed by atoms with Gasteiger partial charge in [0.2, 0.25) is 0 Å². The Morgan fingerprint density at radius 1 is 1.17 bits per heavy atom. The van der Waals surface area contributed by atoms with E-state index < -0.39 is 0 Å². The Hall–Kier alpha value is -1.35. The summed E-state index contributed by atoms with van der Waals surface area (Å²) in [6, 6.07) is 0. The van der Waals surface area contributed by atoms with Crippen molar-refractivity contribution in [3.05, 3.63) is 30.4 Å². The third-order valence-electron chi connectivity index (χ3n) is 2.00. The van der Waals surface area contributed by atoms with Crippen molar-refractivity contribution in [1.29, 1.82) is 0 Å². The van der Waals surface area contributed by atoms with Gasteiger partial charge < -0.3 is 10.3 Å². The van der Waals surface area contributed by atoms with Crippen LogP contribution in [0, 0.1) is 0 Å². The van der Waals surface area contributed by atoms with Gasteiger partial charge in [-0.05, 0) is 18.7 Å². The summed E-state index contributed by atoms with van der Waals surface area (Å²) in [6.45, 7) is 19.4. The summed E-state index contributed by atoms with van der Waals surface area (Å²) in [5.41, 5.74) is 1.83. The molecule has 0 aliphatic heterocycles. The van der Waals surface area contributed by atoms with E-state index >= 15 is 0 Å². The number of hydrogen-bond acceptors (Lipinski definition) is 2. The molecule has 0 aromatic carbocycles. The van der Waals surface area contributed by atoms with Crippen LogP contribution in [0.3, 0.4) is 0 Å². The van der Waals surface area contributed by atoms with Gasteiger partial charge in [0.1, 0.15) is 5.82 Å². The Balaban J connectivity index is 0. The molecule has 0 fully saturated rings. The molecule has 0 aliphatic rings. The zero-order valence-corrected chi connectivity index (χ0v) is 12.6. The fourth-order valence-corrected chi connectivity index (χ4v) is 1.27. The highest BCUT2D eigenvalue weighted by Gasteiger charge is 2.03. The van der Waals surface area contributed by atoms with E-state index in [1.807, 2.05) is 27.7 Å². The van der Waals surface area contributed by atoms with Crippen LogP contribution in [-0.2, 0) is 6.42 Å². The molecule has 0 aliphatic carbocycles. The first kappa shape index (κ1) is 19.0. The van der Waals surface area contributed by atoms with E-state index in [1.54, 1.807) is 12.2 Å². The quantitative estimate of drug-likeness (QED) is 0.753. The molecule has 18 heavy (non-hydrogen) atoms. The minimum Gasteiger partial charge on any atom is -0.342 e. The molecular formula is C15H29N3. The number of H-pyrrole nitrogens is 1. The van der Waals surface area contributed by atoms with Crippen LogP contribution in [0.15, 0.2) is 13.2 Å². The number of imidazole rings is 1. The van der Waals surface area contributed by atoms with Crippen molar-refractivity contribution in [2.75, 3.05) is 13.1 Å². The highest BCUT2D eigenvalue weighted by molar-refractivity contribution is 5.57. The Kier molecular flexibility index (Phi) is 14.5. The second-order valence-corrected chi connectivity index (χ2v) is 2.99. The summed E-state index contributed by atoms with van der Waals surface area (Å²) < 4.78 is 0. The van der Waals surface area contributed by atoms with Gasteiger partial charge >= 0.3 is 0 Å². The monoisotopic (exact) mass is 251 g/mol. The van der Waals surface area contributed by atoms with Gasteiger partial charge in [-0.15, -0.1) is 0 Å². The molecular weight excluding hydrogens is 222 g/mol. The average molecular weight is 251 g/mol. The Morgan fingerprint density at radius 2 is 1.78 bits per heavy atom. The summed E-state index contributed by atoms with van der Waals surface area (Å²) in [5.74, 6) is 0.982. The van der Waals surface area contributed by atoms with E-state index in [-0.39, 0.29) is 0 Å². The predicted octanol–water partition coefficient (Wildman–Crippen LogP) is 3.90. The van der Waals surface area contributed by atoms with E-state index in [1.165, 1.54) is 0 Å². The molecule has 0 radical (unpaired) electrons. The van der Waals surface area contributed by atoms with Crippen LogP contribution >= 0.6 is 0 Å². The van der Waals surface area contributed by atoms with Crippen LogP contribution in [0.1, 0.15) is 51.8 Å².